The van der Waals surface area contributed by atoms with E-state index in [1.807, 2.05) is 12.1 Å². The summed E-state index contributed by atoms with van der Waals surface area (Å²) in [6.07, 6.45) is -3.76. The molecule has 2 rings (SSSR count). The number of hydrogen-bond donors (Lipinski definition) is 0. The van der Waals surface area contributed by atoms with Gasteiger partial charge >= 0.3 is 12.1 Å². The van der Waals surface area contributed by atoms with Crippen molar-refractivity contribution in [3.05, 3.63) is 35.7 Å². The molecule has 0 aliphatic carbocycles. The molecule has 0 amide bonds. The van der Waals surface area contributed by atoms with Crippen molar-refractivity contribution in [2.75, 3.05) is 5.33 Å². The van der Waals surface area contributed by atoms with E-state index < -0.39 is 12.1 Å². The topological polar surface area (TPSA) is 38.9 Å². The Morgan fingerprint density at radius 3 is 2.33 bits per heavy atom. The summed E-state index contributed by atoms with van der Waals surface area (Å²) in [6, 6.07) is 6.98. The Bertz CT molecular complexity index is 522. The second kappa shape index (κ2) is 5.09. The third-order valence-corrected chi connectivity index (χ3v) is 2.66. The Kier molecular flexibility index (Phi) is 3.70. The fourth-order valence-electron chi connectivity index (χ4n) is 1.39. The molecular formula is C11H8BrF3N2O. The average molecular weight is 321 g/mol. The first-order valence-electron chi connectivity index (χ1n) is 5.07. The monoisotopic (exact) mass is 320 g/mol. The van der Waals surface area contributed by atoms with Crippen molar-refractivity contribution >= 4 is 15.9 Å². The SMILES string of the molecule is FC(F)(F)c1nc(-c2ccc(CCBr)cc2)no1. The number of nitrogens with zero attached hydrogens (tertiary/aromatic N) is 2. The quantitative estimate of drug-likeness (QED) is 0.809. The molecule has 0 aliphatic heterocycles. The molecule has 0 unspecified atom stereocenters. The van der Waals surface area contributed by atoms with Gasteiger partial charge < -0.3 is 4.52 Å². The lowest BCUT2D eigenvalue weighted by Crippen LogP contribution is -2.04. The maximum Gasteiger partial charge on any atom is 0.471 e. The Labute approximate surface area is 109 Å². The van der Waals surface area contributed by atoms with Gasteiger partial charge in [0, 0.05) is 10.9 Å². The predicted molar refractivity (Wildman–Crippen MR) is 62.2 cm³/mol. The highest BCUT2D eigenvalue weighted by atomic mass is 79.9. The highest BCUT2D eigenvalue weighted by molar-refractivity contribution is 9.09. The van der Waals surface area contributed by atoms with Crippen LogP contribution in [-0.4, -0.2) is 15.5 Å². The van der Waals surface area contributed by atoms with Crippen LogP contribution in [0.5, 0.6) is 0 Å². The van der Waals surface area contributed by atoms with Crippen molar-refractivity contribution in [3.63, 3.8) is 0 Å². The minimum absolute atomic E-state index is 0.0623. The molecule has 2 aromatic rings. The molecule has 3 nitrogen and oxygen atoms in total. The first kappa shape index (κ1) is 13.1. The molecule has 0 saturated carbocycles. The largest absolute Gasteiger partial charge is 0.471 e. The van der Waals surface area contributed by atoms with E-state index in [9.17, 15) is 13.2 Å². The van der Waals surface area contributed by atoms with Gasteiger partial charge in [0.25, 0.3) is 0 Å². The number of alkyl halides is 4. The summed E-state index contributed by atoms with van der Waals surface area (Å²) < 4.78 is 41.0. The summed E-state index contributed by atoms with van der Waals surface area (Å²) >= 11 is 3.31. The van der Waals surface area contributed by atoms with Crippen LogP contribution >= 0.6 is 15.9 Å². The van der Waals surface area contributed by atoms with Gasteiger partial charge in [0.05, 0.1) is 0 Å². The first-order valence-corrected chi connectivity index (χ1v) is 6.19. The number of aryl methyl sites for hydroxylation is 1. The van der Waals surface area contributed by atoms with Gasteiger partial charge in [0.1, 0.15) is 0 Å². The molecule has 1 heterocycles. The van der Waals surface area contributed by atoms with Crippen LogP contribution in [0.3, 0.4) is 0 Å². The van der Waals surface area contributed by atoms with E-state index in [0.717, 1.165) is 17.3 Å². The van der Waals surface area contributed by atoms with Crippen LogP contribution in [0.1, 0.15) is 11.5 Å². The van der Waals surface area contributed by atoms with Gasteiger partial charge in [0.15, 0.2) is 0 Å². The van der Waals surface area contributed by atoms with Gasteiger partial charge in [-0.2, -0.15) is 18.2 Å². The molecule has 0 aliphatic rings. The Morgan fingerprint density at radius 2 is 1.83 bits per heavy atom. The molecule has 0 saturated heterocycles. The smallest absolute Gasteiger partial charge is 0.329 e. The molecule has 0 radical (unpaired) electrons. The molecule has 0 fully saturated rings. The Morgan fingerprint density at radius 1 is 1.17 bits per heavy atom. The summed E-state index contributed by atoms with van der Waals surface area (Å²) in [4.78, 5) is 3.32. The standard InChI is InChI=1S/C11H8BrF3N2O/c12-6-5-7-1-3-8(4-2-7)9-16-10(18-17-9)11(13,14)15/h1-4H,5-6H2. The van der Waals surface area contributed by atoms with Crippen molar-refractivity contribution in [3.8, 4) is 11.4 Å². The molecule has 18 heavy (non-hydrogen) atoms. The van der Waals surface area contributed by atoms with Crippen LogP contribution in [0.15, 0.2) is 28.8 Å². The zero-order valence-corrected chi connectivity index (χ0v) is 10.6. The van der Waals surface area contributed by atoms with Crippen LogP contribution in [0.4, 0.5) is 13.2 Å². The van der Waals surface area contributed by atoms with Crippen LogP contribution in [0, 0.1) is 0 Å². The lowest BCUT2D eigenvalue weighted by atomic mass is 10.1. The third kappa shape index (κ3) is 2.90. The zero-order valence-electron chi connectivity index (χ0n) is 9.04. The fourth-order valence-corrected chi connectivity index (χ4v) is 1.84. The van der Waals surface area contributed by atoms with Crippen LogP contribution in [0.2, 0.25) is 0 Å². The maximum atomic E-state index is 12.3. The predicted octanol–water partition coefficient (Wildman–Crippen LogP) is 3.69. The number of rotatable bonds is 3. The van der Waals surface area contributed by atoms with Gasteiger partial charge in [-0.15, -0.1) is 0 Å². The molecular weight excluding hydrogens is 313 g/mol. The van der Waals surface area contributed by atoms with Gasteiger partial charge in [-0.25, -0.2) is 0 Å². The molecule has 1 aromatic heterocycles. The molecule has 1 aromatic carbocycles. The molecule has 0 spiro atoms. The molecule has 0 bridgehead atoms. The molecule has 96 valence electrons. The second-order valence-corrected chi connectivity index (χ2v) is 4.35. The van der Waals surface area contributed by atoms with Crippen molar-refractivity contribution < 1.29 is 17.7 Å². The number of benzene rings is 1. The number of hydrogen-bond acceptors (Lipinski definition) is 3. The van der Waals surface area contributed by atoms with Gasteiger partial charge in [-0.3, -0.25) is 0 Å². The van der Waals surface area contributed by atoms with Crippen LogP contribution < -0.4 is 0 Å². The van der Waals surface area contributed by atoms with E-state index in [0.29, 0.717) is 5.56 Å². The lowest BCUT2D eigenvalue weighted by Gasteiger charge is -1.99. The van der Waals surface area contributed by atoms with E-state index in [1.54, 1.807) is 12.1 Å². The molecule has 0 N–H and O–H groups in total. The maximum absolute atomic E-state index is 12.3. The van der Waals surface area contributed by atoms with Gasteiger partial charge in [0.2, 0.25) is 5.82 Å². The molecule has 0 atom stereocenters. The zero-order chi connectivity index (χ0) is 13.2. The Balaban J connectivity index is 2.23. The van der Waals surface area contributed by atoms with Gasteiger partial charge in [-0.05, 0) is 12.0 Å². The van der Waals surface area contributed by atoms with Crippen molar-refractivity contribution in [1.29, 1.82) is 0 Å². The average Bonchev–Trinajstić information content (AvgIpc) is 2.79. The van der Waals surface area contributed by atoms with E-state index in [1.165, 1.54) is 0 Å². The number of aromatic nitrogens is 2. The third-order valence-electron chi connectivity index (χ3n) is 2.26. The van der Waals surface area contributed by atoms with E-state index in [2.05, 4.69) is 30.6 Å². The van der Waals surface area contributed by atoms with Crippen molar-refractivity contribution in [2.24, 2.45) is 0 Å². The first-order chi connectivity index (χ1) is 8.50. The minimum atomic E-state index is -4.61. The highest BCUT2D eigenvalue weighted by Crippen LogP contribution is 2.29. The van der Waals surface area contributed by atoms with Crippen molar-refractivity contribution in [2.45, 2.75) is 12.6 Å². The summed E-state index contributed by atoms with van der Waals surface area (Å²) in [5, 5.41) is 4.14. The van der Waals surface area contributed by atoms with Crippen molar-refractivity contribution in [1.82, 2.24) is 10.1 Å². The second-order valence-electron chi connectivity index (χ2n) is 3.56. The van der Waals surface area contributed by atoms with Gasteiger partial charge in [-0.1, -0.05) is 45.4 Å². The minimum Gasteiger partial charge on any atom is -0.329 e. The number of halogens is 4. The molecule has 7 heteroatoms. The van der Waals surface area contributed by atoms with Crippen LogP contribution in [-0.2, 0) is 12.6 Å². The normalized spacial score (nSPS) is 11.8. The Hall–Kier alpha value is -1.37. The van der Waals surface area contributed by atoms with Crippen LogP contribution in [0.25, 0.3) is 11.4 Å². The lowest BCUT2D eigenvalue weighted by molar-refractivity contribution is -0.159. The summed E-state index contributed by atoms with van der Waals surface area (Å²) in [6.45, 7) is 0. The summed E-state index contributed by atoms with van der Waals surface area (Å²) in [5.41, 5.74) is 1.57. The highest BCUT2D eigenvalue weighted by Gasteiger charge is 2.38. The fraction of sp³-hybridized carbons (Fsp3) is 0.273. The summed E-state index contributed by atoms with van der Waals surface area (Å²) in [5.74, 6) is -1.39. The van der Waals surface area contributed by atoms with E-state index in [-0.39, 0.29) is 5.82 Å². The van der Waals surface area contributed by atoms with E-state index >= 15 is 0 Å². The van der Waals surface area contributed by atoms with E-state index in [4.69, 9.17) is 0 Å². The summed E-state index contributed by atoms with van der Waals surface area (Å²) in [7, 11) is 0.